The van der Waals surface area contributed by atoms with Gasteiger partial charge < -0.3 is 15.0 Å². The minimum absolute atomic E-state index is 0.0224. The van der Waals surface area contributed by atoms with Crippen LogP contribution in [0.3, 0.4) is 0 Å². The molecule has 2 amide bonds. The maximum atomic E-state index is 12.9. The number of carbonyl (C=O) groups excluding carboxylic acids is 2. The van der Waals surface area contributed by atoms with Gasteiger partial charge in [0.25, 0.3) is 5.91 Å². The Morgan fingerprint density at radius 3 is 2.27 bits per heavy atom. The van der Waals surface area contributed by atoms with Gasteiger partial charge in [0.1, 0.15) is 11.6 Å². The highest BCUT2D eigenvalue weighted by atomic mass is 19.1. The number of benzene rings is 2. The molecular weight excluding hydrogens is 385 g/mol. The molecular formula is C23H28FN3O3. The Labute approximate surface area is 176 Å². The second-order valence-corrected chi connectivity index (χ2v) is 7.48. The van der Waals surface area contributed by atoms with Gasteiger partial charge in [0.2, 0.25) is 5.91 Å². The molecule has 1 aliphatic heterocycles. The Bertz CT molecular complexity index is 837. The van der Waals surface area contributed by atoms with Crippen LogP contribution in [0.1, 0.15) is 25.5 Å². The van der Waals surface area contributed by atoms with Gasteiger partial charge >= 0.3 is 0 Å². The van der Waals surface area contributed by atoms with Crippen molar-refractivity contribution in [3.8, 4) is 5.75 Å². The molecule has 7 heteroatoms. The fourth-order valence-corrected chi connectivity index (χ4v) is 3.45. The molecule has 6 nitrogen and oxygen atoms in total. The molecule has 1 heterocycles. The lowest BCUT2D eigenvalue weighted by Crippen LogP contribution is -2.55. The normalized spacial score (nSPS) is 16.6. The van der Waals surface area contributed by atoms with Crippen molar-refractivity contribution in [2.75, 3.05) is 32.8 Å². The average Bonchev–Trinajstić information content (AvgIpc) is 2.78. The first kappa shape index (κ1) is 21.8. The summed E-state index contributed by atoms with van der Waals surface area (Å²) in [7, 11) is 0. The Hall–Kier alpha value is -2.93. The second kappa shape index (κ2) is 10.2. The number of hydrogen-bond acceptors (Lipinski definition) is 4. The summed E-state index contributed by atoms with van der Waals surface area (Å²) in [6.45, 7) is 6.10. The molecule has 1 aliphatic rings. The molecule has 30 heavy (non-hydrogen) atoms. The Morgan fingerprint density at radius 1 is 1.00 bits per heavy atom. The standard InChI is InChI=1S/C23H28FN3O3/c1-17(19-6-4-3-5-7-19)25-23(29)18(2)26-12-14-27(15-13-26)22(28)16-30-21-10-8-20(24)9-11-21/h3-11,17-18H,12-16H2,1-2H3,(H,25,29). The highest BCUT2D eigenvalue weighted by molar-refractivity contribution is 5.82. The predicted molar refractivity (Wildman–Crippen MR) is 113 cm³/mol. The Balaban J connectivity index is 1.43. The molecule has 2 aromatic rings. The van der Waals surface area contributed by atoms with Crippen LogP contribution in [0.4, 0.5) is 4.39 Å². The molecule has 0 aliphatic carbocycles. The van der Waals surface area contributed by atoms with Crippen LogP contribution >= 0.6 is 0 Å². The van der Waals surface area contributed by atoms with Crippen LogP contribution in [-0.4, -0.2) is 60.4 Å². The molecule has 0 saturated carbocycles. The van der Waals surface area contributed by atoms with E-state index in [-0.39, 0.29) is 36.3 Å². The first-order valence-electron chi connectivity index (χ1n) is 10.2. The SMILES string of the molecule is CC(NC(=O)C(C)N1CCN(C(=O)COc2ccc(F)cc2)CC1)c1ccccc1. The second-order valence-electron chi connectivity index (χ2n) is 7.48. The number of nitrogens with one attached hydrogen (secondary N) is 1. The molecule has 3 rings (SSSR count). The summed E-state index contributed by atoms with van der Waals surface area (Å²) >= 11 is 0. The van der Waals surface area contributed by atoms with Gasteiger partial charge in [0, 0.05) is 26.2 Å². The number of amides is 2. The molecule has 1 saturated heterocycles. The Kier molecular flexibility index (Phi) is 7.41. The number of piperazine rings is 1. The summed E-state index contributed by atoms with van der Waals surface area (Å²) in [6.07, 6.45) is 0. The molecule has 2 atom stereocenters. The topological polar surface area (TPSA) is 61.9 Å². The van der Waals surface area contributed by atoms with Gasteiger partial charge in [-0.25, -0.2) is 4.39 Å². The van der Waals surface area contributed by atoms with Crippen molar-refractivity contribution in [3.63, 3.8) is 0 Å². The van der Waals surface area contributed by atoms with E-state index in [0.717, 1.165) is 5.56 Å². The van der Waals surface area contributed by atoms with E-state index in [2.05, 4.69) is 10.2 Å². The van der Waals surface area contributed by atoms with E-state index in [0.29, 0.717) is 31.9 Å². The third-order valence-corrected chi connectivity index (χ3v) is 5.43. The monoisotopic (exact) mass is 413 g/mol. The van der Waals surface area contributed by atoms with Crippen LogP contribution in [0, 0.1) is 5.82 Å². The number of carbonyl (C=O) groups is 2. The number of halogens is 1. The summed E-state index contributed by atoms with van der Waals surface area (Å²) in [5.74, 6) is -0.0260. The van der Waals surface area contributed by atoms with Crippen LogP contribution < -0.4 is 10.1 Å². The summed E-state index contributed by atoms with van der Waals surface area (Å²) < 4.78 is 18.4. The first-order valence-corrected chi connectivity index (χ1v) is 10.2. The minimum Gasteiger partial charge on any atom is -0.484 e. The fraction of sp³-hybridized carbons (Fsp3) is 0.391. The lowest BCUT2D eigenvalue weighted by molar-refractivity contribution is -0.136. The first-order chi connectivity index (χ1) is 14.4. The van der Waals surface area contributed by atoms with Crippen LogP contribution in [0.25, 0.3) is 0 Å². The van der Waals surface area contributed by atoms with Crippen LogP contribution in [0.15, 0.2) is 54.6 Å². The van der Waals surface area contributed by atoms with Crippen molar-refractivity contribution < 1.29 is 18.7 Å². The van der Waals surface area contributed by atoms with E-state index in [1.54, 1.807) is 4.90 Å². The van der Waals surface area contributed by atoms with Gasteiger partial charge in [0.05, 0.1) is 12.1 Å². The highest BCUT2D eigenvalue weighted by Gasteiger charge is 2.28. The van der Waals surface area contributed by atoms with E-state index in [9.17, 15) is 14.0 Å². The maximum Gasteiger partial charge on any atom is 0.260 e. The van der Waals surface area contributed by atoms with E-state index in [4.69, 9.17) is 4.74 Å². The van der Waals surface area contributed by atoms with Gasteiger partial charge in [-0.1, -0.05) is 30.3 Å². The van der Waals surface area contributed by atoms with Gasteiger partial charge in [-0.3, -0.25) is 14.5 Å². The minimum atomic E-state index is -0.346. The van der Waals surface area contributed by atoms with Gasteiger partial charge in [-0.15, -0.1) is 0 Å². The van der Waals surface area contributed by atoms with Gasteiger partial charge in [0.15, 0.2) is 6.61 Å². The smallest absolute Gasteiger partial charge is 0.260 e. The molecule has 2 aromatic carbocycles. The van der Waals surface area contributed by atoms with Crippen molar-refractivity contribution >= 4 is 11.8 Å². The van der Waals surface area contributed by atoms with Crippen molar-refractivity contribution in [2.24, 2.45) is 0 Å². The molecule has 1 N–H and O–H groups in total. The fourth-order valence-electron chi connectivity index (χ4n) is 3.45. The zero-order chi connectivity index (χ0) is 21.5. The summed E-state index contributed by atoms with van der Waals surface area (Å²) in [5.41, 5.74) is 1.06. The molecule has 0 radical (unpaired) electrons. The Morgan fingerprint density at radius 2 is 1.63 bits per heavy atom. The zero-order valence-corrected chi connectivity index (χ0v) is 17.4. The van der Waals surface area contributed by atoms with Gasteiger partial charge in [-0.2, -0.15) is 0 Å². The van der Waals surface area contributed by atoms with E-state index in [1.165, 1.54) is 24.3 Å². The number of rotatable bonds is 7. The number of ether oxygens (including phenoxy) is 1. The van der Waals surface area contributed by atoms with Crippen molar-refractivity contribution in [1.29, 1.82) is 0 Å². The third-order valence-electron chi connectivity index (χ3n) is 5.43. The van der Waals surface area contributed by atoms with Crippen LogP contribution in [0.2, 0.25) is 0 Å². The number of hydrogen-bond donors (Lipinski definition) is 1. The molecule has 0 spiro atoms. The zero-order valence-electron chi connectivity index (χ0n) is 17.4. The average molecular weight is 413 g/mol. The van der Waals surface area contributed by atoms with Crippen molar-refractivity contribution in [3.05, 3.63) is 66.0 Å². The summed E-state index contributed by atoms with van der Waals surface area (Å²) in [5, 5.41) is 3.06. The molecule has 160 valence electrons. The predicted octanol–water partition coefficient (Wildman–Crippen LogP) is 2.61. The molecule has 0 bridgehead atoms. The van der Waals surface area contributed by atoms with E-state index in [1.807, 2.05) is 44.2 Å². The largest absolute Gasteiger partial charge is 0.484 e. The third kappa shape index (κ3) is 5.79. The quantitative estimate of drug-likeness (QED) is 0.758. The maximum absolute atomic E-state index is 12.9. The summed E-state index contributed by atoms with van der Waals surface area (Å²) in [6, 6.07) is 15.1. The summed E-state index contributed by atoms with van der Waals surface area (Å²) in [4.78, 5) is 28.8. The van der Waals surface area contributed by atoms with Gasteiger partial charge in [-0.05, 0) is 43.7 Å². The van der Waals surface area contributed by atoms with Crippen molar-refractivity contribution in [1.82, 2.24) is 15.1 Å². The van der Waals surface area contributed by atoms with E-state index >= 15 is 0 Å². The van der Waals surface area contributed by atoms with Crippen LogP contribution in [0.5, 0.6) is 5.75 Å². The lowest BCUT2D eigenvalue weighted by Gasteiger charge is -2.37. The molecule has 2 unspecified atom stereocenters. The lowest BCUT2D eigenvalue weighted by atomic mass is 10.1. The number of nitrogens with zero attached hydrogens (tertiary/aromatic N) is 2. The van der Waals surface area contributed by atoms with Crippen molar-refractivity contribution in [2.45, 2.75) is 25.9 Å². The molecule has 1 fully saturated rings. The molecule has 0 aromatic heterocycles. The van der Waals surface area contributed by atoms with Crippen LogP contribution in [-0.2, 0) is 9.59 Å². The highest BCUT2D eigenvalue weighted by Crippen LogP contribution is 2.14. The van der Waals surface area contributed by atoms with E-state index < -0.39 is 0 Å².